The summed E-state index contributed by atoms with van der Waals surface area (Å²) in [6.07, 6.45) is 1.53. The van der Waals surface area contributed by atoms with Crippen LogP contribution in [0.1, 0.15) is 27.2 Å². The van der Waals surface area contributed by atoms with Crippen molar-refractivity contribution in [1.29, 1.82) is 0 Å². The minimum atomic E-state index is -2.60. The zero-order valence-electron chi connectivity index (χ0n) is 17.9. The zero-order chi connectivity index (χ0) is 20.5. The lowest BCUT2D eigenvalue weighted by molar-refractivity contribution is 0.0709. The van der Waals surface area contributed by atoms with E-state index in [0.717, 1.165) is 44.5 Å². The van der Waals surface area contributed by atoms with Gasteiger partial charge in [0.1, 0.15) is 18.5 Å². The van der Waals surface area contributed by atoms with Gasteiger partial charge < -0.3 is 32.4 Å². The predicted molar refractivity (Wildman–Crippen MR) is 114 cm³/mol. The molecule has 3 rings (SSSR count). The van der Waals surface area contributed by atoms with Crippen LogP contribution in [0.2, 0.25) is 6.04 Å². The second-order valence-electron chi connectivity index (χ2n) is 7.25. The van der Waals surface area contributed by atoms with Crippen LogP contribution in [-0.4, -0.2) is 73.7 Å². The first-order valence-electron chi connectivity index (χ1n) is 10.8. The SMILES string of the molecule is CCO[Si](CCCN(CC1CO1)c1ccc(OCC2CO2)cc1)(OCC)OCC. The fourth-order valence-electron chi connectivity index (χ4n) is 3.34. The highest BCUT2D eigenvalue weighted by molar-refractivity contribution is 6.60. The Balaban J connectivity index is 1.56. The van der Waals surface area contributed by atoms with Gasteiger partial charge in [0.15, 0.2) is 0 Å². The Morgan fingerprint density at radius 3 is 2.03 bits per heavy atom. The van der Waals surface area contributed by atoms with Crippen LogP contribution >= 0.6 is 0 Å². The van der Waals surface area contributed by atoms with Gasteiger partial charge in [0, 0.05) is 44.6 Å². The van der Waals surface area contributed by atoms with Crippen LogP contribution in [0.4, 0.5) is 5.69 Å². The number of anilines is 1. The maximum atomic E-state index is 5.98. The smallest absolute Gasteiger partial charge is 0.491 e. The van der Waals surface area contributed by atoms with Crippen molar-refractivity contribution in [1.82, 2.24) is 0 Å². The van der Waals surface area contributed by atoms with E-state index in [-0.39, 0.29) is 6.10 Å². The normalized spacial score (nSPS) is 20.5. The Hall–Kier alpha value is -1.16. The van der Waals surface area contributed by atoms with E-state index in [1.807, 2.05) is 32.9 Å². The largest absolute Gasteiger partial charge is 0.500 e. The van der Waals surface area contributed by atoms with Gasteiger partial charge in [-0.05, 0) is 51.5 Å². The lowest BCUT2D eigenvalue weighted by Gasteiger charge is -2.30. The molecule has 8 heteroatoms. The molecule has 0 amide bonds. The molecule has 0 N–H and O–H groups in total. The van der Waals surface area contributed by atoms with Crippen molar-refractivity contribution in [2.24, 2.45) is 0 Å². The molecule has 7 nitrogen and oxygen atoms in total. The molecule has 1 aromatic carbocycles. The molecular weight excluding hydrogens is 390 g/mol. The van der Waals surface area contributed by atoms with Crippen molar-refractivity contribution in [3.05, 3.63) is 24.3 Å². The summed E-state index contributed by atoms with van der Waals surface area (Å²) in [6.45, 7) is 11.9. The molecule has 2 saturated heterocycles. The fourth-order valence-corrected chi connectivity index (χ4v) is 5.93. The maximum Gasteiger partial charge on any atom is 0.500 e. The number of ether oxygens (including phenoxy) is 3. The quantitative estimate of drug-likeness (QED) is 0.298. The Morgan fingerprint density at radius 1 is 0.931 bits per heavy atom. The minimum Gasteiger partial charge on any atom is -0.491 e. The lowest BCUT2D eigenvalue weighted by atomic mass is 10.2. The summed E-state index contributed by atoms with van der Waals surface area (Å²) in [4.78, 5) is 2.37. The first-order chi connectivity index (χ1) is 14.2. The summed E-state index contributed by atoms with van der Waals surface area (Å²) in [5.41, 5.74) is 1.17. The van der Waals surface area contributed by atoms with E-state index in [1.165, 1.54) is 5.69 Å². The Bertz CT molecular complexity index is 576. The molecule has 29 heavy (non-hydrogen) atoms. The van der Waals surface area contributed by atoms with Crippen LogP contribution in [0, 0.1) is 0 Å². The van der Waals surface area contributed by atoms with Crippen molar-refractivity contribution < 1.29 is 27.5 Å². The average Bonchev–Trinajstić information content (AvgIpc) is 3.62. The topological polar surface area (TPSA) is 65.2 Å². The standard InChI is InChI=1S/C21H35NO6Si/c1-4-26-29(27-5-2,28-6-3)13-7-12-22(14-20-15-24-20)18-8-10-19(11-9-18)23-16-21-17-25-21/h8-11,20-21H,4-7,12-17H2,1-3H3. The minimum absolute atomic E-state index is 0.267. The van der Waals surface area contributed by atoms with E-state index in [4.69, 9.17) is 27.5 Å². The summed E-state index contributed by atoms with van der Waals surface area (Å²) in [5, 5.41) is 0. The van der Waals surface area contributed by atoms with Crippen molar-refractivity contribution in [2.75, 3.05) is 57.6 Å². The second kappa shape index (κ2) is 11.3. The molecule has 2 atom stereocenters. The number of nitrogens with zero attached hydrogens (tertiary/aromatic N) is 1. The maximum absolute atomic E-state index is 5.98. The highest BCUT2D eigenvalue weighted by Crippen LogP contribution is 2.25. The van der Waals surface area contributed by atoms with E-state index in [2.05, 4.69) is 17.0 Å². The van der Waals surface area contributed by atoms with Gasteiger partial charge in [0.2, 0.25) is 0 Å². The molecule has 0 bridgehead atoms. The van der Waals surface area contributed by atoms with Gasteiger partial charge in [-0.25, -0.2) is 0 Å². The van der Waals surface area contributed by atoms with Crippen molar-refractivity contribution in [3.63, 3.8) is 0 Å². The third kappa shape index (κ3) is 7.55. The Labute approximate surface area is 175 Å². The molecule has 164 valence electrons. The monoisotopic (exact) mass is 425 g/mol. The number of hydrogen-bond acceptors (Lipinski definition) is 7. The van der Waals surface area contributed by atoms with Crippen LogP contribution in [-0.2, 0) is 22.8 Å². The van der Waals surface area contributed by atoms with Crippen molar-refractivity contribution in [3.8, 4) is 5.75 Å². The molecule has 0 saturated carbocycles. The fraction of sp³-hybridized carbons (Fsp3) is 0.714. The molecule has 1 aromatic rings. The summed E-state index contributed by atoms with van der Waals surface area (Å²) >= 11 is 0. The lowest BCUT2D eigenvalue weighted by Crippen LogP contribution is -2.46. The number of epoxide rings is 2. The second-order valence-corrected chi connectivity index (χ2v) is 9.98. The molecule has 0 radical (unpaired) electrons. The molecule has 2 aliphatic rings. The van der Waals surface area contributed by atoms with E-state index in [0.29, 0.717) is 32.5 Å². The first kappa shape index (κ1) is 22.5. The molecule has 2 unspecified atom stereocenters. The highest BCUT2D eigenvalue weighted by Gasteiger charge is 2.40. The molecule has 2 heterocycles. The van der Waals surface area contributed by atoms with E-state index < -0.39 is 8.80 Å². The van der Waals surface area contributed by atoms with Gasteiger partial charge in [-0.1, -0.05) is 0 Å². The van der Waals surface area contributed by atoms with Gasteiger partial charge in [0.05, 0.1) is 19.3 Å². The predicted octanol–water partition coefficient (Wildman–Crippen LogP) is 3.11. The van der Waals surface area contributed by atoms with E-state index >= 15 is 0 Å². The molecule has 0 aromatic heterocycles. The third-order valence-electron chi connectivity index (χ3n) is 4.87. The summed E-state index contributed by atoms with van der Waals surface area (Å²) in [6, 6.07) is 9.09. The number of benzene rings is 1. The third-order valence-corrected chi connectivity index (χ3v) is 8.02. The number of hydrogen-bond donors (Lipinski definition) is 0. The van der Waals surface area contributed by atoms with Gasteiger partial charge in [0.25, 0.3) is 0 Å². The highest BCUT2D eigenvalue weighted by atomic mass is 28.4. The summed E-state index contributed by atoms with van der Waals surface area (Å²) < 4.78 is 34.4. The van der Waals surface area contributed by atoms with Crippen LogP contribution in [0.3, 0.4) is 0 Å². The Kier molecular flexibility index (Phi) is 8.77. The summed E-state index contributed by atoms with van der Waals surface area (Å²) in [5.74, 6) is 0.877. The summed E-state index contributed by atoms with van der Waals surface area (Å²) in [7, 11) is -2.60. The van der Waals surface area contributed by atoms with Crippen molar-refractivity contribution in [2.45, 2.75) is 45.4 Å². The average molecular weight is 426 g/mol. The van der Waals surface area contributed by atoms with Gasteiger partial charge >= 0.3 is 8.80 Å². The molecular formula is C21H35NO6Si. The Morgan fingerprint density at radius 2 is 1.52 bits per heavy atom. The van der Waals surface area contributed by atoms with Gasteiger partial charge in [-0.15, -0.1) is 0 Å². The number of rotatable bonds is 16. The van der Waals surface area contributed by atoms with Gasteiger partial charge in [-0.2, -0.15) is 0 Å². The van der Waals surface area contributed by atoms with Gasteiger partial charge in [-0.3, -0.25) is 0 Å². The molecule has 0 aliphatic carbocycles. The zero-order valence-corrected chi connectivity index (χ0v) is 18.9. The molecule has 0 spiro atoms. The van der Waals surface area contributed by atoms with Crippen LogP contribution < -0.4 is 9.64 Å². The van der Waals surface area contributed by atoms with Crippen LogP contribution in [0.15, 0.2) is 24.3 Å². The van der Waals surface area contributed by atoms with E-state index in [1.54, 1.807) is 0 Å². The van der Waals surface area contributed by atoms with Crippen LogP contribution in [0.25, 0.3) is 0 Å². The molecule has 2 fully saturated rings. The van der Waals surface area contributed by atoms with E-state index in [9.17, 15) is 0 Å². The molecule has 2 aliphatic heterocycles. The van der Waals surface area contributed by atoms with Crippen molar-refractivity contribution >= 4 is 14.5 Å². The first-order valence-corrected chi connectivity index (χ1v) is 12.7. The van der Waals surface area contributed by atoms with Crippen LogP contribution in [0.5, 0.6) is 5.75 Å².